The van der Waals surface area contributed by atoms with Crippen LogP contribution in [0.4, 0.5) is 0 Å². The number of thiophene rings is 1. The van der Waals surface area contributed by atoms with Gasteiger partial charge in [0.2, 0.25) is 5.75 Å². The summed E-state index contributed by atoms with van der Waals surface area (Å²) >= 11 is 1.69. The molecular formula is C21H27NO5S. The molecule has 3 rings (SSSR count). The number of likely N-dealkylation sites (tertiary alicyclic amines) is 1. The zero-order valence-electron chi connectivity index (χ0n) is 16.7. The average molecular weight is 406 g/mol. The molecule has 28 heavy (non-hydrogen) atoms. The third-order valence-corrected chi connectivity index (χ3v) is 6.25. The third kappa shape index (κ3) is 3.95. The van der Waals surface area contributed by atoms with Gasteiger partial charge in [0.1, 0.15) is 6.04 Å². The van der Waals surface area contributed by atoms with E-state index in [9.17, 15) is 9.90 Å². The summed E-state index contributed by atoms with van der Waals surface area (Å²) in [6, 6.07) is 7.31. The summed E-state index contributed by atoms with van der Waals surface area (Å²) in [5, 5.41) is 9.83. The van der Waals surface area contributed by atoms with Gasteiger partial charge in [-0.1, -0.05) is 6.42 Å². The maximum absolute atomic E-state index is 12.0. The molecule has 0 saturated carbocycles. The normalized spacial score (nSPS) is 18.5. The molecule has 2 heterocycles. The first-order valence-corrected chi connectivity index (χ1v) is 10.2. The zero-order valence-corrected chi connectivity index (χ0v) is 17.5. The van der Waals surface area contributed by atoms with Gasteiger partial charge in [0.15, 0.2) is 11.5 Å². The summed E-state index contributed by atoms with van der Waals surface area (Å²) in [5.74, 6) is 0.895. The van der Waals surface area contributed by atoms with Crippen LogP contribution in [-0.4, -0.2) is 49.9 Å². The summed E-state index contributed by atoms with van der Waals surface area (Å²) in [7, 11) is 4.75. The summed E-state index contributed by atoms with van der Waals surface area (Å²) in [5.41, 5.74) is 0.935. The maximum Gasteiger partial charge on any atom is 0.320 e. The lowest BCUT2D eigenvalue weighted by Crippen LogP contribution is -2.46. The van der Waals surface area contributed by atoms with Crippen molar-refractivity contribution in [2.24, 2.45) is 0 Å². The van der Waals surface area contributed by atoms with Crippen LogP contribution in [0.25, 0.3) is 0 Å². The molecule has 0 radical (unpaired) electrons. The van der Waals surface area contributed by atoms with Crippen molar-refractivity contribution in [2.75, 3.05) is 27.9 Å². The van der Waals surface area contributed by atoms with Crippen molar-refractivity contribution in [3.05, 3.63) is 39.6 Å². The number of carboxylic acids is 1. The second-order valence-corrected chi connectivity index (χ2v) is 8.22. The quantitative estimate of drug-likeness (QED) is 0.748. The number of benzene rings is 1. The standard InChI is InChI=1S/C21H27NO5S/c1-13-8-9-18(28-13)19(22-10-6-5-7-15(22)21(23)24)14-11-16(25-2)20(27-4)17(12-14)26-3/h8-9,11-12,15,19H,5-7,10H2,1-4H3,(H,23,24). The highest BCUT2D eigenvalue weighted by Crippen LogP contribution is 2.44. The minimum atomic E-state index is -0.773. The molecule has 6 nitrogen and oxygen atoms in total. The van der Waals surface area contributed by atoms with E-state index in [1.165, 1.54) is 4.88 Å². The molecule has 7 heteroatoms. The Morgan fingerprint density at radius 1 is 1.14 bits per heavy atom. The summed E-state index contributed by atoms with van der Waals surface area (Å²) in [4.78, 5) is 16.4. The molecule has 0 bridgehead atoms. The number of carboxylic acid groups (broad SMARTS) is 1. The Morgan fingerprint density at radius 3 is 2.32 bits per heavy atom. The molecule has 0 aliphatic carbocycles. The molecule has 2 aromatic rings. The Bertz CT molecular complexity index is 809. The van der Waals surface area contributed by atoms with Crippen LogP contribution >= 0.6 is 11.3 Å². The Morgan fingerprint density at radius 2 is 1.82 bits per heavy atom. The number of methoxy groups -OCH3 is 3. The van der Waals surface area contributed by atoms with E-state index in [0.717, 1.165) is 29.8 Å². The molecule has 1 fully saturated rings. The SMILES string of the molecule is COc1cc(C(c2ccc(C)s2)N2CCCCC2C(=O)O)cc(OC)c1OC. The van der Waals surface area contributed by atoms with Crippen molar-refractivity contribution >= 4 is 17.3 Å². The van der Waals surface area contributed by atoms with Gasteiger partial charge in [-0.05, 0) is 56.1 Å². The lowest BCUT2D eigenvalue weighted by Gasteiger charge is -2.39. The van der Waals surface area contributed by atoms with Gasteiger partial charge >= 0.3 is 5.97 Å². The minimum absolute atomic E-state index is 0.186. The van der Waals surface area contributed by atoms with Gasteiger partial charge in [-0.25, -0.2) is 0 Å². The maximum atomic E-state index is 12.0. The number of carbonyl (C=O) groups is 1. The Balaban J connectivity index is 2.16. The first kappa shape index (κ1) is 20.5. The smallest absolute Gasteiger partial charge is 0.320 e. The Kier molecular flexibility index (Phi) is 6.46. The Labute approximate surface area is 169 Å². The van der Waals surface area contributed by atoms with E-state index in [4.69, 9.17) is 14.2 Å². The van der Waals surface area contributed by atoms with Gasteiger partial charge < -0.3 is 19.3 Å². The number of hydrogen-bond donors (Lipinski definition) is 1. The fourth-order valence-corrected chi connectivity index (χ4v) is 4.93. The Hall–Kier alpha value is -2.25. The van der Waals surface area contributed by atoms with Crippen LogP contribution in [0.1, 0.15) is 40.6 Å². The van der Waals surface area contributed by atoms with E-state index in [-0.39, 0.29) is 6.04 Å². The van der Waals surface area contributed by atoms with Crippen molar-refractivity contribution < 1.29 is 24.1 Å². The molecule has 0 amide bonds. The van der Waals surface area contributed by atoms with E-state index >= 15 is 0 Å². The number of piperidine rings is 1. The van der Waals surface area contributed by atoms with E-state index in [0.29, 0.717) is 23.7 Å². The molecule has 1 aliphatic rings. The van der Waals surface area contributed by atoms with Crippen LogP contribution in [0.5, 0.6) is 17.2 Å². The van der Waals surface area contributed by atoms with E-state index in [2.05, 4.69) is 24.0 Å². The molecule has 1 aliphatic heterocycles. The number of nitrogens with zero attached hydrogens (tertiary/aromatic N) is 1. The van der Waals surface area contributed by atoms with Crippen LogP contribution in [0.2, 0.25) is 0 Å². The van der Waals surface area contributed by atoms with Crippen LogP contribution in [0.3, 0.4) is 0 Å². The van der Waals surface area contributed by atoms with Gasteiger partial charge in [-0.3, -0.25) is 9.69 Å². The van der Waals surface area contributed by atoms with Crippen molar-refractivity contribution in [1.82, 2.24) is 4.90 Å². The van der Waals surface area contributed by atoms with Gasteiger partial charge in [0.25, 0.3) is 0 Å². The van der Waals surface area contributed by atoms with E-state index in [1.54, 1.807) is 32.7 Å². The van der Waals surface area contributed by atoms with Crippen molar-refractivity contribution in [2.45, 2.75) is 38.3 Å². The number of aliphatic carboxylic acids is 1. The number of rotatable bonds is 7. The molecule has 1 aromatic heterocycles. The second-order valence-electron chi connectivity index (χ2n) is 6.90. The van der Waals surface area contributed by atoms with Gasteiger partial charge in [0.05, 0.1) is 27.4 Å². The number of hydrogen-bond acceptors (Lipinski definition) is 6. The highest BCUT2D eigenvalue weighted by Gasteiger charge is 2.36. The molecular weight excluding hydrogens is 378 g/mol. The molecule has 0 spiro atoms. The first-order valence-electron chi connectivity index (χ1n) is 9.35. The predicted molar refractivity (Wildman–Crippen MR) is 109 cm³/mol. The van der Waals surface area contributed by atoms with Gasteiger partial charge in [-0.15, -0.1) is 11.3 Å². The number of ether oxygens (including phenoxy) is 3. The van der Waals surface area contributed by atoms with Crippen LogP contribution in [0.15, 0.2) is 24.3 Å². The predicted octanol–water partition coefficient (Wildman–Crippen LogP) is 4.11. The summed E-state index contributed by atoms with van der Waals surface area (Å²) in [6.45, 7) is 2.79. The fraction of sp³-hybridized carbons (Fsp3) is 0.476. The summed E-state index contributed by atoms with van der Waals surface area (Å²) in [6.07, 6.45) is 2.56. The first-order chi connectivity index (χ1) is 13.5. The monoisotopic (exact) mass is 405 g/mol. The molecule has 1 N–H and O–H groups in total. The van der Waals surface area contributed by atoms with Gasteiger partial charge in [0, 0.05) is 9.75 Å². The van der Waals surface area contributed by atoms with Crippen LogP contribution < -0.4 is 14.2 Å². The lowest BCUT2D eigenvalue weighted by atomic mass is 9.95. The highest BCUT2D eigenvalue weighted by atomic mass is 32.1. The zero-order chi connectivity index (χ0) is 20.3. The van der Waals surface area contributed by atoms with Crippen molar-refractivity contribution in [1.29, 1.82) is 0 Å². The summed E-state index contributed by atoms with van der Waals surface area (Å²) < 4.78 is 16.5. The largest absolute Gasteiger partial charge is 0.493 e. The van der Waals surface area contributed by atoms with Crippen LogP contribution in [-0.2, 0) is 4.79 Å². The van der Waals surface area contributed by atoms with Crippen molar-refractivity contribution in [3.8, 4) is 17.2 Å². The molecule has 1 saturated heterocycles. The second kappa shape index (κ2) is 8.84. The van der Waals surface area contributed by atoms with E-state index in [1.807, 2.05) is 12.1 Å². The molecule has 2 atom stereocenters. The fourth-order valence-electron chi connectivity index (χ4n) is 3.91. The molecule has 152 valence electrons. The third-order valence-electron chi connectivity index (χ3n) is 5.19. The minimum Gasteiger partial charge on any atom is -0.493 e. The molecule has 1 aromatic carbocycles. The highest BCUT2D eigenvalue weighted by molar-refractivity contribution is 7.12. The van der Waals surface area contributed by atoms with E-state index < -0.39 is 12.0 Å². The average Bonchev–Trinajstić information content (AvgIpc) is 3.13. The lowest BCUT2D eigenvalue weighted by molar-refractivity contribution is -0.145. The van der Waals surface area contributed by atoms with Crippen molar-refractivity contribution in [3.63, 3.8) is 0 Å². The number of aryl methyl sites for hydroxylation is 1. The van der Waals surface area contributed by atoms with Gasteiger partial charge in [-0.2, -0.15) is 0 Å². The molecule has 2 unspecified atom stereocenters. The topological polar surface area (TPSA) is 68.2 Å². The van der Waals surface area contributed by atoms with Crippen LogP contribution in [0, 0.1) is 6.92 Å².